The van der Waals surface area contributed by atoms with Gasteiger partial charge in [-0.15, -0.1) is 0 Å². The molecule has 0 fully saturated rings. The summed E-state index contributed by atoms with van der Waals surface area (Å²) in [4.78, 5) is 11.6. The number of aliphatic hydroxyl groups is 1. The van der Waals surface area contributed by atoms with Crippen LogP contribution in [-0.4, -0.2) is 62.7 Å². The van der Waals surface area contributed by atoms with E-state index in [0.29, 0.717) is 26.3 Å². The Labute approximate surface area is 128 Å². The molecule has 0 spiro atoms. The van der Waals surface area contributed by atoms with Gasteiger partial charge in [0.25, 0.3) is 0 Å². The predicted octanol–water partition coefficient (Wildman–Crippen LogP) is 0.685. The van der Waals surface area contributed by atoms with Crippen molar-refractivity contribution < 1.29 is 19.4 Å². The predicted molar refractivity (Wildman–Crippen MR) is 83.3 cm³/mol. The van der Waals surface area contributed by atoms with Gasteiger partial charge in [0.1, 0.15) is 0 Å². The molecule has 0 aromatic rings. The van der Waals surface area contributed by atoms with Gasteiger partial charge < -0.3 is 25.2 Å². The van der Waals surface area contributed by atoms with Crippen molar-refractivity contribution in [3.63, 3.8) is 0 Å². The Bertz CT molecular complexity index is 252. The van der Waals surface area contributed by atoms with Gasteiger partial charge in [0.2, 0.25) is 5.91 Å². The molecule has 0 radical (unpaired) electrons. The van der Waals surface area contributed by atoms with Gasteiger partial charge in [-0.3, -0.25) is 4.79 Å². The van der Waals surface area contributed by atoms with E-state index in [2.05, 4.69) is 17.6 Å². The number of hydrogen-bond acceptors (Lipinski definition) is 5. The fourth-order valence-corrected chi connectivity index (χ4v) is 1.55. The maximum atomic E-state index is 11.6. The lowest BCUT2D eigenvalue weighted by atomic mass is 10.2. The highest BCUT2D eigenvalue weighted by Gasteiger charge is 2.13. The molecule has 2 atom stereocenters. The number of hydrogen-bond donors (Lipinski definition) is 3. The zero-order chi connectivity index (χ0) is 15.9. The molecular formula is C15H32N2O4. The van der Waals surface area contributed by atoms with Gasteiger partial charge in [0.05, 0.1) is 32.0 Å². The summed E-state index contributed by atoms with van der Waals surface area (Å²) < 4.78 is 10.7. The van der Waals surface area contributed by atoms with Crippen LogP contribution in [0.1, 0.15) is 40.0 Å². The number of unbranched alkanes of at least 4 members (excludes halogenated alkanes) is 1. The van der Waals surface area contributed by atoms with Crippen molar-refractivity contribution in [1.82, 2.24) is 10.6 Å². The number of rotatable bonds is 14. The van der Waals surface area contributed by atoms with E-state index >= 15 is 0 Å². The van der Waals surface area contributed by atoms with Crippen LogP contribution >= 0.6 is 0 Å². The number of aliphatic hydroxyl groups excluding tert-OH is 1. The average Bonchev–Trinajstić information content (AvgIpc) is 2.49. The summed E-state index contributed by atoms with van der Waals surface area (Å²) in [6, 6.07) is -0.316. The molecular weight excluding hydrogens is 272 g/mol. The first kappa shape index (κ1) is 20.3. The Morgan fingerprint density at radius 2 is 1.86 bits per heavy atom. The van der Waals surface area contributed by atoms with Crippen LogP contribution in [0.5, 0.6) is 0 Å². The van der Waals surface area contributed by atoms with Gasteiger partial charge >= 0.3 is 0 Å². The van der Waals surface area contributed by atoms with Crippen molar-refractivity contribution in [2.45, 2.75) is 52.2 Å². The molecule has 2 unspecified atom stereocenters. The fraction of sp³-hybridized carbons (Fsp3) is 0.933. The minimum absolute atomic E-state index is 0.0470. The Morgan fingerprint density at radius 1 is 1.14 bits per heavy atom. The molecule has 0 aromatic carbocycles. The molecule has 21 heavy (non-hydrogen) atoms. The molecule has 0 heterocycles. The molecule has 3 N–H and O–H groups in total. The summed E-state index contributed by atoms with van der Waals surface area (Å²) in [5.41, 5.74) is 0. The van der Waals surface area contributed by atoms with Gasteiger partial charge in [0, 0.05) is 19.7 Å². The monoisotopic (exact) mass is 304 g/mol. The Kier molecular flexibility index (Phi) is 13.8. The molecule has 0 aliphatic heterocycles. The fourth-order valence-electron chi connectivity index (χ4n) is 1.55. The van der Waals surface area contributed by atoms with Crippen LogP contribution in [0.15, 0.2) is 0 Å². The standard InChI is InChI=1S/C15H32N2O4/c1-4-6-8-20-9-10-21-12-14(18)11-17-13(3)15(19)16-7-5-2/h13-14,17-18H,4-12H2,1-3H3,(H,16,19). The third-order valence-electron chi connectivity index (χ3n) is 2.93. The van der Waals surface area contributed by atoms with Gasteiger partial charge in [-0.05, 0) is 19.8 Å². The van der Waals surface area contributed by atoms with Crippen molar-refractivity contribution in [3.8, 4) is 0 Å². The molecule has 6 heteroatoms. The summed E-state index contributed by atoms with van der Waals surface area (Å²) in [6.07, 6.45) is 2.47. The van der Waals surface area contributed by atoms with Crippen molar-refractivity contribution in [1.29, 1.82) is 0 Å². The Hall–Kier alpha value is -0.690. The van der Waals surface area contributed by atoms with Crippen molar-refractivity contribution in [2.75, 3.05) is 39.5 Å². The maximum absolute atomic E-state index is 11.6. The van der Waals surface area contributed by atoms with Crippen molar-refractivity contribution >= 4 is 5.91 Å². The lowest BCUT2D eigenvalue weighted by Gasteiger charge is -2.17. The molecule has 1 amide bonds. The first-order valence-corrected chi connectivity index (χ1v) is 7.96. The Balaban J connectivity index is 3.48. The van der Waals surface area contributed by atoms with E-state index < -0.39 is 6.10 Å². The smallest absolute Gasteiger partial charge is 0.236 e. The van der Waals surface area contributed by atoms with Crippen molar-refractivity contribution in [3.05, 3.63) is 0 Å². The van der Waals surface area contributed by atoms with E-state index in [1.807, 2.05) is 6.92 Å². The zero-order valence-electron chi connectivity index (χ0n) is 13.7. The normalized spacial score (nSPS) is 13.9. The Morgan fingerprint density at radius 3 is 2.52 bits per heavy atom. The van der Waals surface area contributed by atoms with Crippen molar-refractivity contribution in [2.24, 2.45) is 0 Å². The molecule has 0 aliphatic rings. The molecule has 0 saturated carbocycles. The maximum Gasteiger partial charge on any atom is 0.236 e. The molecule has 0 saturated heterocycles. The minimum Gasteiger partial charge on any atom is -0.389 e. The summed E-state index contributed by atoms with van der Waals surface area (Å²) in [7, 11) is 0. The van der Waals surface area contributed by atoms with E-state index in [1.54, 1.807) is 6.92 Å². The quantitative estimate of drug-likeness (QED) is 0.411. The van der Waals surface area contributed by atoms with Gasteiger partial charge in [-0.1, -0.05) is 20.3 Å². The van der Waals surface area contributed by atoms with E-state index in [9.17, 15) is 9.90 Å². The van der Waals surface area contributed by atoms with Gasteiger partial charge in [-0.25, -0.2) is 0 Å². The highest BCUT2D eigenvalue weighted by molar-refractivity contribution is 5.81. The SMILES string of the molecule is CCCCOCCOCC(O)CNC(C)C(=O)NCCC. The molecule has 0 aromatic heterocycles. The molecule has 0 bridgehead atoms. The van der Waals surface area contributed by atoms with Crippen LogP contribution in [0.2, 0.25) is 0 Å². The third-order valence-corrected chi connectivity index (χ3v) is 2.93. The third kappa shape index (κ3) is 12.7. The first-order valence-electron chi connectivity index (χ1n) is 7.96. The molecule has 6 nitrogen and oxygen atoms in total. The van der Waals surface area contributed by atoms with E-state index in [4.69, 9.17) is 9.47 Å². The lowest BCUT2D eigenvalue weighted by molar-refractivity contribution is -0.122. The van der Waals surface area contributed by atoms with E-state index in [0.717, 1.165) is 25.9 Å². The number of ether oxygens (including phenoxy) is 2. The number of carbonyl (C=O) groups is 1. The summed E-state index contributed by atoms with van der Waals surface area (Å²) in [5, 5.41) is 15.5. The largest absolute Gasteiger partial charge is 0.389 e. The second kappa shape index (κ2) is 14.3. The van der Waals surface area contributed by atoms with E-state index in [1.165, 1.54) is 0 Å². The van der Waals surface area contributed by atoms with Crippen LogP contribution in [0, 0.1) is 0 Å². The first-order chi connectivity index (χ1) is 10.1. The van der Waals surface area contributed by atoms with Crippen LogP contribution < -0.4 is 10.6 Å². The molecule has 0 aliphatic carbocycles. The zero-order valence-corrected chi connectivity index (χ0v) is 13.7. The van der Waals surface area contributed by atoms with Crippen LogP contribution in [0.4, 0.5) is 0 Å². The number of amides is 1. The molecule has 0 rings (SSSR count). The second-order valence-electron chi connectivity index (χ2n) is 5.12. The van der Waals surface area contributed by atoms with Gasteiger partial charge in [-0.2, -0.15) is 0 Å². The van der Waals surface area contributed by atoms with E-state index in [-0.39, 0.29) is 18.6 Å². The second-order valence-corrected chi connectivity index (χ2v) is 5.12. The summed E-state index contributed by atoms with van der Waals surface area (Å²) in [5.74, 6) is -0.0470. The average molecular weight is 304 g/mol. The highest BCUT2D eigenvalue weighted by Crippen LogP contribution is 1.90. The minimum atomic E-state index is -0.623. The lowest BCUT2D eigenvalue weighted by Crippen LogP contribution is -2.45. The van der Waals surface area contributed by atoms with Crippen LogP contribution in [-0.2, 0) is 14.3 Å². The highest BCUT2D eigenvalue weighted by atomic mass is 16.5. The topological polar surface area (TPSA) is 79.8 Å². The summed E-state index contributed by atoms with van der Waals surface area (Å²) in [6.45, 7) is 8.94. The number of nitrogens with one attached hydrogen (secondary N) is 2. The number of carbonyl (C=O) groups excluding carboxylic acids is 1. The van der Waals surface area contributed by atoms with Gasteiger partial charge in [0.15, 0.2) is 0 Å². The summed E-state index contributed by atoms with van der Waals surface area (Å²) >= 11 is 0. The van der Waals surface area contributed by atoms with Crippen LogP contribution in [0.25, 0.3) is 0 Å². The van der Waals surface area contributed by atoms with Crippen LogP contribution in [0.3, 0.4) is 0 Å². The molecule has 126 valence electrons.